The Labute approximate surface area is 439 Å². The van der Waals surface area contributed by atoms with E-state index in [1.165, 1.54) is 11.1 Å². The van der Waals surface area contributed by atoms with Crippen molar-refractivity contribution < 1.29 is 8.85 Å². The molecule has 74 heavy (non-hydrogen) atoms. The first-order valence-corrected chi connectivity index (χ1v) is 25.5. The Balaban J connectivity index is 0.944. The van der Waals surface area contributed by atoms with Gasteiger partial charge in [0, 0.05) is 55.6 Å². The topological polar surface area (TPSA) is 33.5 Å². The van der Waals surface area contributed by atoms with Crippen molar-refractivity contribution in [3.8, 4) is 61.8 Å². The average Bonchev–Trinajstić information content (AvgIpc) is 3.99. The molecule has 1 aliphatic heterocycles. The molecule has 0 N–H and O–H groups in total. The standard InChI is InChI=1S/C69H60N4O/c1-46-40-66(70-44-61(46)50-30-35-53(36-31-50)69(5,6)7)73-62-39-32-51(47-28-33-52(34-29-47)68(2,3)4)41-60(62)59-38-37-56(43-65(59)73)74-55-23-16-22-54(42-55)71-45-72(64-27-15-14-26-63(64)71)67-57(48-18-10-8-11-19-48)24-17-25-58(67)49-20-12-9-13-21-49/h8-44H,45H2,1-7H3/i1D3. The SMILES string of the molecule is [2H]C([2H])([2H])c1cc(-n2c3ccc(-c4ccc(C(C)(C)C)cc4)cc3c3ccc(Oc4cccc(N5CN(c6c(-c7ccccc7)cccc6-c6ccccc6)c6ccccc65)c4)cc32)ncc1-c1ccc(C(C)(C)C)cc1. The molecule has 5 heteroatoms. The van der Waals surface area contributed by atoms with Crippen LogP contribution in [0.3, 0.4) is 0 Å². The van der Waals surface area contributed by atoms with Crippen molar-refractivity contribution in [2.24, 2.45) is 0 Å². The number of aromatic nitrogens is 2. The Morgan fingerprint density at radius 3 is 1.65 bits per heavy atom. The molecular formula is C69H60N4O. The summed E-state index contributed by atoms with van der Waals surface area (Å²) < 4.78 is 35.4. The van der Waals surface area contributed by atoms with E-state index in [2.05, 4.69) is 232 Å². The molecule has 0 unspecified atom stereocenters. The second-order valence-corrected chi connectivity index (χ2v) is 21.5. The summed E-state index contributed by atoms with van der Waals surface area (Å²) in [6.07, 6.45) is 1.72. The highest BCUT2D eigenvalue weighted by atomic mass is 16.5. The van der Waals surface area contributed by atoms with Crippen molar-refractivity contribution in [1.29, 1.82) is 0 Å². The van der Waals surface area contributed by atoms with E-state index in [0.717, 1.165) is 83.5 Å². The molecule has 5 nitrogen and oxygen atoms in total. The predicted molar refractivity (Wildman–Crippen MR) is 311 cm³/mol. The summed E-state index contributed by atoms with van der Waals surface area (Å²) in [4.78, 5) is 9.87. The molecule has 0 saturated heterocycles. The molecule has 0 fully saturated rings. The zero-order valence-corrected chi connectivity index (χ0v) is 42.8. The van der Waals surface area contributed by atoms with Gasteiger partial charge < -0.3 is 14.5 Å². The van der Waals surface area contributed by atoms with Crippen LogP contribution in [0.2, 0.25) is 0 Å². The van der Waals surface area contributed by atoms with Crippen LogP contribution < -0.4 is 14.5 Å². The fraction of sp³-hybridized carbons (Fsp3) is 0.145. The maximum Gasteiger partial charge on any atom is 0.137 e. The number of ether oxygens (including phenoxy) is 1. The van der Waals surface area contributed by atoms with Crippen LogP contribution in [0.1, 0.15) is 62.3 Å². The zero-order valence-electron chi connectivity index (χ0n) is 45.8. The van der Waals surface area contributed by atoms with Crippen LogP contribution in [-0.4, -0.2) is 16.2 Å². The number of hydrogen-bond acceptors (Lipinski definition) is 4. The lowest BCUT2D eigenvalue weighted by Crippen LogP contribution is -2.24. The molecular weight excluding hydrogens is 901 g/mol. The minimum Gasteiger partial charge on any atom is -0.457 e. The number of fused-ring (bicyclic) bond motifs is 4. The van der Waals surface area contributed by atoms with E-state index in [1.54, 1.807) is 12.3 Å². The molecule has 0 bridgehead atoms. The van der Waals surface area contributed by atoms with E-state index < -0.39 is 6.85 Å². The number of aryl methyl sites for hydroxylation is 1. The van der Waals surface area contributed by atoms with E-state index in [0.29, 0.717) is 29.5 Å². The molecule has 2 aromatic heterocycles. The highest BCUT2D eigenvalue weighted by Gasteiger charge is 2.31. The van der Waals surface area contributed by atoms with Crippen molar-refractivity contribution >= 4 is 44.6 Å². The third kappa shape index (κ3) is 8.58. The lowest BCUT2D eigenvalue weighted by Gasteiger charge is -2.27. The van der Waals surface area contributed by atoms with Crippen LogP contribution in [0.15, 0.2) is 225 Å². The van der Waals surface area contributed by atoms with Gasteiger partial charge in [-0.1, -0.05) is 193 Å². The fourth-order valence-corrected chi connectivity index (χ4v) is 10.6. The summed E-state index contributed by atoms with van der Waals surface area (Å²) in [5.74, 6) is 1.82. The van der Waals surface area contributed by atoms with Crippen molar-refractivity contribution in [2.75, 3.05) is 16.5 Å². The van der Waals surface area contributed by atoms with Crippen LogP contribution in [0.4, 0.5) is 22.7 Å². The van der Waals surface area contributed by atoms with Crippen LogP contribution in [0, 0.1) is 6.85 Å². The van der Waals surface area contributed by atoms with E-state index in [1.807, 2.05) is 36.4 Å². The summed E-state index contributed by atoms with van der Waals surface area (Å²) in [7, 11) is 0. The predicted octanol–water partition coefficient (Wildman–Crippen LogP) is 18.8. The van der Waals surface area contributed by atoms with Crippen LogP contribution >= 0.6 is 0 Å². The number of hydrogen-bond donors (Lipinski definition) is 0. The lowest BCUT2D eigenvalue weighted by molar-refractivity contribution is 0.483. The second-order valence-electron chi connectivity index (χ2n) is 21.5. The Kier molecular flexibility index (Phi) is 10.7. The quantitative estimate of drug-likeness (QED) is 0.144. The Morgan fingerprint density at radius 2 is 1.01 bits per heavy atom. The van der Waals surface area contributed by atoms with Gasteiger partial charge in [0.25, 0.3) is 0 Å². The smallest absolute Gasteiger partial charge is 0.137 e. The first kappa shape index (κ1) is 43.0. The number of para-hydroxylation sites is 3. The molecule has 1 aliphatic rings. The Bertz CT molecular complexity index is 3920. The van der Waals surface area contributed by atoms with Gasteiger partial charge in [0.15, 0.2) is 0 Å². The highest BCUT2D eigenvalue weighted by molar-refractivity contribution is 6.11. The van der Waals surface area contributed by atoms with Gasteiger partial charge in [-0.2, -0.15) is 0 Å². The summed E-state index contributed by atoms with van der Waals surface area (Å²) in [6, 6.07) is 76.2. The summed E-state index contributed by atoms with van der Waals surface area (Å²) >= 11 is 0. The third-order valence-electron chi connectivity index (χ3n) is 14.6. The number of rotatable bonds is 9. The maximum absolute atomic E-state index is 8.82. The summed E-state index contributed by atoms with van der Waals surface area (Å²) in [5, 5.41) is 2.01. The van der Waals surface area contributed by atoms with Crippen molar-refractivity contribution in [2.45, 2.75) is 59.2 Å². The molecule has 0 saturated carbocycles. The van der Waals surface area contributed by atoms with Gasteiger partial charge in [0.05, 0.1) is 28.1 Å². The first-order valence-electron chi connectivity index (χ1n) is 27.0. The van der Waals surface area contributed by atoms with E-state index >= 15 is 0 Å². The zero-order chi connectivity index (χ0) is 53.2. The van der Waals surface area contributed by atoms with E-state index in [-0.39, 0.29) is 16.4 Å². The molecule has 12 rings (SSSR count). The Morgan fingerprint density at radius 1 is 0.446 bits per heavy atom. The minimum atomic E-state index is -2.41. The van der Waals surface area contributed by atoms with Gasteiger partial charge >= 0.3 is 0 Å². The van der Waals surface area contributed by atoms with Gasteiger partial charge in [0.2, 0.25) is 0 Å². The minimum absolute atomic E-state index is 0.0343. The molecule has 0 atom stereocenters. The van der Waals surface area contributed by atoms with Crippen molar-refractivity contribution in [3.63, 3.8) is 0 Å². The number of nitrogens with zero attached hydrogens (tertiary/aromatic N) is 4. The normalized spacial score (nSPS) is 13.5. The molecule has 0 amide bonds. The second kappa shape index (κ2) is 18.4. The third-order valence-corrected chi connectivity index (χ3v) is 14.6. The molecule has 11 aromatic rings. The van der Waals surface area contributed by atoms with Gasteiger partial charge in [-0.3, -0.25) is 4.57 Å². The van der Waals surface area contributed by atoms with Gasteiger partial charge in [0.1, 0.15) is 24.0 Å². The monoisotopic (exact) mass is 963 g/mol. The summed E-state index contributed by atoms with van der Waals surface area (Å²) in [6.45, 7) is 11.4. The fourth-order valence-electron chi connectivity index (χ4n) is 10.6. The van der Waals surface area contributed by atoms with Crippen molar-refractivity contribution in [3.05, 3.63) is 241 Å². The van der Waals surface area contributed by atoms with E-state index in [9.17, 15) is 0 Å². The van der Waals surface area contributed by atoms with Crippen LogP contribution in [-0.2, 0) is 10.8 Å². The van der Waals surface area contributed by atoms with E-state index in [4.69, 9.17) is 13.8 Å². The molecule has 362 valence electrons. The van der Waals surface area contributed by atoms with Crippen LogP contribution in [0.25, 0.3) is 72.1 Å². The van der Waals surface area contributed by atoms with Gasteiger partial charge in [-0.05, 0) is 117 Å². The summed E-state index contributed by atoms with van der Waals surface area (Å²) in [5.41, 5.74) is 17.0. The number of anilines is 4. The van der Waals surface area contributed by atoms with Gasteiger partial charge in [-0.15, -0.1) is 0 Å². The van der Waals surface area contributed by atoms with Crippen molar-refractivity contribution in [1.82, 2.24) is 9.55 Å². The highest BCUT2D eigenvalue weighted by Crippen LogP contribution is 2.50. The molecule has 9 aromatic carbocycles. The first-order chi connectivity index (χ1) is 37.1. The number of pyridine rings is 1. The van der Waals surface area contributed by atoms with Crippen LogP contribution in [0.5, 0.6) is 11.5 Å². The lowest BCUT2D eigenvalue weighted by atomic mass is 9.86. The largest absolute Gasteiger partial charge is 0.457 e. The molecule has 0 radical (unpaired) electrons. The molecule has 3 heterocycles. The Hall–Kier alpha value is -8.67. The van der Waals surface area contributed by atoms with Gasteiger partial charge in [-0.25, -0.2) is 4.98 Å². The maximum atomic E-state index is 8.82. The molecule has 0 aliphatic carbocycles. The number of benzene rings is 9. The average molecular weight is 964 g/mol. The molecule has 0 spiro atoms.